The van der Waals surface area contributed by atoms with E-state index in [-0.39, 0.29) is 11.7 Å². The van der Waals surface area contributed by atoms with Gasteiger partial charge in [0.1, 0.15) is 0 Å². The second kappa shape index (κ2) is 8.60. The van der Waals surface area contributed by atoms with Gasteiger partial charge in [-0.15, -0.1) is 10.2 Å². The molecule has 0 aliphatic carbocycles. The molecule has 4 rings (SSSR count). The number of nitrogens with one attached hydrogen (secondary N) is 1. The highest BCUT2D eigenvalue weighted by Gasteiger charge is 2.17. The van der Waals surface area contributed by atoms with Gasteiger partial charge in [-0.2, -0.15) is 0 Å². The summed E-state index contributed by atoms with van der Waals surface area (Å²) in [4.78, 5) is 14.7. The maximum absolute atomic E-state index is 12.3. The summed E-state index contributed by atoms with van der Waals surface area (Å²) in [5.41, 5.74) is 1.97. The molecule has 1 aliphatic heterocycles. The van der Waals surface area contributed by atoms with E-state index >= 15 is 0 Å². The summed E-state index contributed by atoms with van der Waals surface area (Å²) in [7, 11) is 0. The third kappa shape index (κ3) is 4.56. The number of benzene rings is 1. The number of rotatable bonds is 6. The van der Waals surface area contributed by atoms with Gasteiger partial charge in [0.15, 0.2) is 5.76 Å². The van der Waals surface area contributed by atoms with Gasteiger partial charge in [-0.05, 0) is 55.2 Å². The molecule has 0 unspecified atom stereocenters. The zero-order chi connectivity index (χ0) is 20.2. The highest BCUT2D eigenvalue weighted by Crippen LogP contribution is 2.25. The SMILES string of the molecule is CC1CCN(c2ccc(NC(=O)CSc3nnc(-c4ccco4)n3N)cc2)CC1. The molecule has 3 aromatic rings. The van der Waals surface area contributed by atoms with Crippen molar-refractivity contribution in [2.75, 3.05) is 34.9 Å². The molecule has 1 aliphatic rings. The van der Waals surface area contributed by atoms with Gasteiger partial charge in [0.25, 0.3) is 0 Å². The molecule has 1 amide bonds. The van der Waals surface area contributed by atoms with E-state index in [1.54, 1.807) is 18.4 Å². The quantitative estimate of drug-likeness (QED) is 0.473. The highest BCUT2D eigenvalue weighted by molar-refractivity contribution is 7.99. The first-order chi connectivity index (χ1) is 14.1. The third-order valence-corrected chi connectivity index (χ3v) is 5.98. The molecular weight excluding hydrogens is 388 g/mol. The van der Waals surface area contributed by atoms with Crippen molar-refractivity contribution in [3.63, 3.8) is 0 Å². The lowest BCUT2D eigenvalue weighted by molar-refractivity contribution is -0.113. The predicted molar refractivity (Wildman–Crippen MR) is 114 cm³/mol. The molecule has 3 heterocycles. The number of carbonyl (C=O) groups excluding carboxylic acids is 1. The van der Waals surface area contributed by atoms with Crippen molar-refractivity contribution in [2.24, 2.45) is 5.92 Å². The number of nitrogens with two attached hydrogens (primary N) is 1. The monoisotopic (exact) mass is 412 g/mol. The van der Waals surface area contributed by atoms with E-state index in [1.807, 2.05) is 12.1 Å². The van der Waals surface area contributed by atoms with Crippen LogP contribution in [-0.4, -0.2) is 39.6 Å². The summed E-state index contributed by atoms with van der Waals surface area (Å²) in [5, 5.41) is 11.4. The van der Waals surface area contributed by atoms with Crippen molar-refractivity contribution < 1.29 is 9.21 Å². The largest absolute Gasteiger partial charge is 0.461 e. The van der Waals surface area contributed by atoms with Crippen molar-refractivity contribution in [1.29, 1.82) is 0 Å². The zero-order valence-electron chi connectivity index (χ0n) is 16.2. The number of nitrogens with zero attached hydrogens (tertiary/aromatic N) is 4. The van der Waals surface area contributed by atoms with Crippen molar-refractivity contribution in [1.82, 2.24) is 14.9 Å². The Bertz CT molecular complexity index is 946. The molecule has 9 heteroatoms. The number of thioether (sulfide) groups is 1. The molecule has 1 saturated heterocycles. The molecule has 3 N–H and O–H groups in total. The van der Waals surface area contributed by atoms with Gasteiger partial charge in [0.05, 0.1) is 12.0 Å². The number of aromatic nitrogens is 3. The lowest BCUT2D eigenvalue weighted by Gasteiger charge is -2.32. The van der Waals surface area contributed by atoms with Gasteiger partial charge in [-0.25, -0.2) is 4.68 Å². The summed E-state index contributed by atoms with van der Waals surface area (Å²) in [5.74, 6) is 7.80. The molecule has 0 radical (unpaired) electrons. The lowest BCUT2D eigenvalue weighted by Crippen LogP contribution is -2.32. The van der Waals surface area contributed by atoms with Crippen molar-refractivity contribution in [3.8, 4) is 11.6 Å². The van der Waals surface area contributed by atoms with E-state index in [2.05, 4.69) is 39.5 Å². The van der Waals surface area contributed by atoms with Crippen LogP contribution in [-0.2, 0) is 4.79 Å². The smallest absolute Gasteiger partial charge is 0.234 e. The van der Waals surface area contributed by atoms with E-state index in [0.29, 0.717) is 16.7 Å². The van der Waals surface area contributed by atoms with Crippen LogP contribution in [0.1, 0.15) is 19.8 Å². The van der Waals surface area contributed by atoms with Crippen LogP contribution < -0.4 is 16.1 Å². The number of anilines is 2. The number of furan rings is 1. The van der Waals surface area contributed by atoms with E-state index in [0.717, 1.165) is 24.7 Å². The molecular formula is C20H24N6O2S. The third-order valence-electron chi connectivity index (χ3n) is 5.04. The van der Waals surface area contributed by atoms with Gasteiger partial charge < -0.3 is 20.5 Å². The summed E-state index contributed by atoms with van der Waals surface area (Å²) in [6.45, 7) is 4.48. The van der Waals surface area contributed by atoms with Gasteiger partial charge in [-0.3, -0.25) is 4.79 Å². The van der Waals surface area contributed by atoms with Crippen molar-refractivity contribution >= 4 is 29.0 Å². The van der Waals surface area contributed by atoms with Crippen LogP contribution in [0.2, 0.25) is 0 Å². The molecule has 1 fully saturated rings. The predicted octanol–water partition coefficient (Wildman–Crippen LogP) is 3.22. The molecule has 0 saturated carbocycles. The minimum Gasteiger partial charge on any atom is -0.461 e. The topological polar surface area (TPSA) is 102 Å². The van der Waals surface area contributed by atoms with Crippen LogP contribution in [0, 0.1) is 5.92 Å². The van der Waals surface area contributed by atoms with E-state index < -0.39 is 0 Å². The normalized spacial score (nSPS) is 14.9. The summed E-state index contributed by atoms with van der Waals surface area (Å²) in [6, 6.07) is 11.5. The summed E-state index contributed by atoms with van der Waals surface area (Å²) >= 11 is 1.22. The fraction of sp³-hybridized carbons (Fsp3) is 0.350. The molecule has 0 bridgehead atoms. The maximum atomic E-state index is 12.3. The first-order valence-electron chi connectivity index (χ1n) is 9.62. The van der Waals surface area contributed by atoms with E-state index in [9.17, 15) is 4.79 Å². The Morgan fingerprint density at radius 2 is 2.00 bits per heavy atom. The molecule has 2 aromatic heterocycles. The molecule has 0 atom stereocenters. The van der Waals surface area contributed by atoms with E-state index in [4.69, 9.17) is 10.3 Å². The lowest BCUT2D eigenvalue weighted by atomic mass is 9.99. The van der Waals surface area contributed by atoms with Crippen LogP contribution in [0.5, 0.6) is 0 Å². The van der Waals surface area contributed by atoms with Crippen LogP contribution >= 0.6 is 11.8 Å². The van der Waals surface area contributed by atoms with Crippen LogP contribution in [0.15, 0.2) is 52.2 Å². The minimum absolute atomic E-state index is 0.128. The molecule has 29 heavy (non-hydrogen) atoms. The Morgan fingerprint density at radius 3 is 2.69 bits per heavy atom. The Kier molecular flexibility index (Phi) is 5.75. The van der Waals surface area contributed by atoms with Crippen LogP contribution in [0.4, 0.5) is 11.4 Å². The number of nitrogen functional groups attached to an aromatic ring is 1. The van der Waals surface area contributed by atoms with Crippen molar-refractivity contribution in [2.45, 2.75) is 24.9 Å². The average Bonchev–Trinajstić information content (AvgIpc) is 3.37. The highest BCUT2D eigenvalue weighted by atomic mass is 32.2. The Balaban J connectivity index is 1.30. The number of carbonyl (C=O) groups is 1. The molecule has 1 aromatic carbocycles. The summed E-state index contributed by atoms with van der Waals surface area (Å²) in [6.07, 6.45) is 3.99. The minimum atomic E-state index is -0.128. The van der Waals surface area contributed by atoms with Gasteiger partial charge in [-0.1, -0.05) is 18.7 Å². The summed E-state index contributed by atoms with van der Waals surface area (Å²) < 4.78 is 6.61. The Hall–Kier alpha value is -2.94. The second-order valence-corrected chi connectivity index (χ2v) is 8.15. The van der Waals surface area contributed by atoms with E-state index in [1.165, 1.54) is 35.0 Å². The fourth-order valence-electron chi connectivity index (χ4n) is 3.30. The molecule has 0 spiro atoms. The first kappa shape index (κ1) is 19.4. The first-order valence-corrected chi connectivity index (χ1v) is 10.6. The van der Waals surface area contributed by atoms with Gasteiger partial charge in [0, 0.05) is 24.5 Å². The van der Waals surface area contributed by atoms with Crippen LogP contribution in [0.3, 0.4) is 0 Å². The number of hydrogen-bond acceptors (Lipinski definition) is 7. The standard InChI is InChI=1S/C20H24N6O2S/c1-14-8-10-25(11-9-14)16-6-4-15(5-7-16)22-18(27)13-29-20-24-23-19(26(20)21)17-3-2-12-28-17/h2-7,12,14H,8-11,13,21H2,1H3,(H,22,27). The van der Waals surface area contributed by atoms with Gasteiger partial charge >= 0.3 is 0 Å². The fourth-order valence-corrected chi connectivity index (χ4v) is 3.96. The van der Waals surface area contributed by atoms with Gasteiger partial charge in [0.2, 0.25) is 16.9 Å². The number of piperidine rings is 1. The number of hydrogen-bond donors (Lipinski definition) is 2. The Labute approximate surface area is 173 Å². The second-order valence-electron chi connectivity index (χ2n) is 7.21. The molecule has 8 nitrogen and oxygen atoms in total. The maximum Gasteiger partial charge on any atom is 0.234 e. The van der Waals surface area contributed by atoms with Crippen molar-refractivity contribution in [3.05, 3.63) is 42.7 Å². The van der Waals surface area contributed by atoms with Crippen LogP contribution in [0.25, 0.3) is 11.6 Å². The molecule has 152 valence electrons. The zero-order valence-corrected chi connectivity index (χ0v) is 17.1. The average molecular weight is 413 g/mol. The number of amides is 1. The Morgan fingerprint density at radius 1 is 1.24 bits per heavy atom.